The van der Waals surface area contributed by atoms with Crippen molar-refractivity contribution in [1.82, 2.24) is 4.57 Å². The van der Waals surface area contributed by atoms with Crippen LogP contribution < -0.4 is 15.7 Å². The molecule has 0 unspecified atom stereocenters. The van der Waals surface area contributed by atoms with Crippen LogP contribution in [0.15, 0.2) is 144 Å². The van der Waals surface area contributed by atoms with Crippen LogP contribution >= 0.6 is 0 Å². The number of rotatable bonds is 1. The normalized spacial score (nSPS) is 13.4. The van der Waals surface area contributed by atoms with E-state index >= 15 is 0 Å². The standard InChI is InChI=1S/C40H23BN2O/c1-2-12-24(13-3-1)43-38-30(23-22-28-25-14-7-11-21-34(25)44-40(28)38)35-26-15-4-5-16-27(26)36-29-17-6-9-19-32(29)42-33-20-10-8-18-31(33)41(43)37(35)39(36)42/h1-23H. The van der Waals surface area contributed by atoms with Crippen LogP contribution in [0.4, 0.5) is 11.4 Å². The molecule has 2 aliphatic rings. The fraction of sp³-hybridized carbons (Fsp3) is 0. The van der Waals surface area contributed by atoms with Crippen molar-refractivity contribution in [1.29, 1.82) is 0 Å². The van der Waals surface area contributed by atoms with Crippen molar-refractivity contribution in [3.63, 3.8) is 0 Å². The monoisotopic (exact) mass is 558 g/mol. The smallest absolute Gasteiger partial charge is 0.333 e. The van der Waals surface area contributed by atoms with Gasteiger partial charge in [-0.2, -0.15) is 0 Å². The van der Waals surface area contributed by atoms with E-state index in [-0.39, 0.29) is 6.85 Å². The molecule has 0 saturated carbocycles. The van der Waals surface area contributed by atoms with E-state index in [1.165, 1.54) is 60.3 Å². The molecule has 7 aromatic carbocycles. The maximum absolute atomic E-state index is 6.81. The Balaban J connectivity index is 1.45. The van der Waals surface area contributed by atoms with Gasteiger partial charge in [0.05, 0.1) is 16.7 Å². The summed E-state index contributed by atoms with van der Waals surface area (Å²) in [7, 11) is 0. The number of benzene rings is 7. The van der Waals surface area contributed by atoms with Crippen molar-refractivity contribution in [3.05, 3.63) is 140 Å². The van der Waals surface area contributed by atoms with Crippen LogP contribution in [0.25, 0.3) is 71.3 Å². The second-order valence-electron chi connectivity index (χ2n) is 12.0. The Labute approximate surface area is 253 Å². The number of hydrogen-bond acceptors (Lipinski definition) is 2. The third-order valence-electron chi connectivity index (χ3n) is 9.93. The summed E-state index contributed by atoms with van der Waals surface area (Å²) in [5, 5.41) is 7.49. The summed E-state index contributed by atoms with van der Waals surface area (Å²) in [5.74, 6) is 0. The summed E-state index contributed by atoms with van der Waals surface area (Å²) in [6, 6.07) is 50.7. The van der Waals surface area contributed by atoms with E-state index in [0.29, 0.717) is 0 Å². The van der Waals surface area contributed by atoms with Crippen LogP contribution in [0.2, 0.25) is 0 Å². The Kier molecular flexibility index (Phi) is 4.15. The van der Waals surface area contributed by atoms with Crippen molar-refractivity contribution in [3.8, 4) is 16.8 Å². The zero-order valence-corrected chi connectivity index (χ0v) is 23.7. The molecule has 9 aromatic rings. The predicted octanol–water partition coefficient (Wildman–Crippen LogP) is 9.07. The van der Waals surface area contributed by atoms with Crippen molar-refractivity contribution in [2.75, 3.05) is 4.81 Å². The zero-order chi connectivity index (χ0) is 28.5. The van der Waals surface area contributed by atoms with Crippen LogP contribution in [0, 0.1) is 0 Å². The van der Waals surface area contributed by atoms with Crippen molar-refractivity contribution in [2.24, 2.45) is 0 Å². The number of aromatic nitrogens is 1. The first-order chi connectivity index (χ1) is 21.9. The molecule has 0 bridgehead atoms. The van der Waals surface area contributed by atoms with Crippen LogP contribution in [0.1, 0.15) is 0 Å². The zero-order valence-electron chi connectivity index (χ0n) is 23.7. The van der Waals surface area contributed by atoms with Crippen molar-refractivity contribution < 1.29 is 4.42 Å². The van der Waals surface area contributed by atoms with Gasteiger partial charge in [0, 0.05) is 38.5 Å². The lowest BCUT2D eigenvalue weighted by molar-refractivity contribution is 0.669. The van der Waals surface area contributed by atoms with Crippen molar-refractivity contribution in [2.45, 2.75) is 0 Å². The highest BCUT2D eigenvalue weighted by Gasteiger charge is 2.45. The van der Waals surface area contributed by atoms with Crippen LogP contribution in [-0.2, 0) is 0 Å². The molecule has 4 heteroatoms. The fourth-order valence-electron chi connectivity index (χ4n) is 8.31. The molecule has 4 heterocycles. The third kappa shape index (κ3) is 2.62. The molecule has 0 N–H and O–H groups in total. The molecule has 0 fully saturated rings. The van der Waals surface area contributed by atoms with Gasteiger partial charge in [0.1, 0.15) is 5.58 Å². The molecule has 202 valence electrons. The van der Waals surface area contributed by atoms with E-state index < -0.39 is 0 Å². The van der Waals surface area contributed by atoms with Crippen molar-refractivity contribution >= 4 is 83.7 Å². The molecule has 0 amide bonds. The Hall–Kier alpha value is -5.74. The average molecular weight is 558 g/mol. The number of furan rings is 1. The average Bonchev–Trinajstić information content (AvgIpc) is 3.65. The maximum Gasteiger partial charge on any atom is 0.333 e. The minimum absolute atomic E-state index is 0.0427. The van der Waals surface area contributed by atoms with Gasteiger partial charge < -0.3 is 13.8 Å². The highest BCUT2D eigenvalue weighted by Crippen LogP contribution is 2.51. The molecule has 11 rings (SSSR count). The molecular formula is C40H23BN2O. The molecule has 2 aromatic heterocycles. The van der Waals surface area contributed by atoms with Gasteiger partial charge in [-0.3, -0.25) is 0 Å². The van der Waals surface area contributed by atoms with Gasteiger partial charge in [0.15, 0.2) is 5.58 Å². The summed E-state index contributed by atoms with van der Waals surface area (Å²) in [6.07, 6.45) is 0. The number of hydrogen-bond donors (Lipinski definition) is 0. The van der Waals surface area contributed by atoms with Crippen LogP contribution in [0.5, 0.6) is 0 Å². The molecule has 0 spiro atoms. The van der Waals surface area contributed by atoms with Gasteiger partial charge in [-0.05, 0) is 63.7 Å². The van der Waals surface area contributed by atoms with Gasteiger partial charge in [0.25, 0.3) is 0 Å². The van der Waals surface area contributed by atoms with Gasteiger partial charge >= 0.3 is 6.85 Å². The molecule has 0 saturated heterocycles. The van der Waals surface area contributed by atoms with E-state index in [4.69, 9.17) is 4.42 Å². The lowest BCUT2D eigenvalue weighted by Gasteiger charge is -2.42. The van der Waals surface area contributed by atoms with Crippen LogP contribution in [0.3, 0.4) is 0 Å². The number of nitrogens with zero attached hydrogens (tertiary/aromatic N) is 2. The highest BCUT2D eigenvalue weighted by molar-refractivity contribution is 6.94. The van der Waals surface area contributed by atoms with E-state index in [9.17, 15) is 0 Å². The first kappa shape index (κ1) is 22.8. The summed E-state index contributed by atoms with van der Waals surface area (Å²) in [6.45, 7) is -0.0427. The van der Waals surface area contributed by atoms with E-state index in [1.54, 1.807) is 0 Å². The predicted molar refractivity (Wildman–Crippen MR) is 185 cm³/mol. The first-order valence-corrected chi connectivity index (χ1v) is 15.2. The Morgan fingerprint density at radius 3 is 2.14 bits per heavy atom. The molecule has 44 heavy (non-hydrogen) atoms. The van der Waals surface area contributed by atoms with E-state index in [0.717, 1.165) is 33.3 Å². The molecule has 0 aliphatic carbocycles. The number of para-hydroxylation sites is 4. The molecule has 0 radical (unpaired) electrons. The second kappa shape index (κ2) is 8.00. The topological polar surface area (TPSA) is 21.3 Å². The fourth-order valence-corrected chi connectivity index (χ4v) is 8.31. The van der Waals surface area contributed by atoms with Gasteiger partial charge in [-0.15, -0.1) is 0 Å². The summed E-state index contributed by atoms with van der Waals surface area (Å²) in [5.41, 5.74) is 13.1. The lowest BCUT2D eigenvalue weighted by Crippen LogP contribution is -2.60. The summed E-state index contributed by atoms with van der Waals surface area (Å²) < 4.78 is 9.34. The minimum atomic E-state index is -0.0427. The largest absolute Gasteiger partial charge is 0.454 e. The van der Waals surface area contributed by atoms with Gasteiger partial charge in [-0.25, -0.2) is 0 Å². The lowest BCUT2D eigenvalue weighted by atomic mass is 9.43. The Morgan fingerprint density at radius 2 is 1.25 bits per heavy atom. The number of fused-ring (bicyclic) bond motifs is 15. The van der Waals surface area contributed by atoms with E-state index in [1.807, 2.05) is 0 Å². The maximum atomic E-state index is 6.81. The third-order valence-corrected chi connectivity index (χ3v) is 9.93. The SMILES string of the molecule is c1ccc(N2B3c4ccccc4-n4c5ccccc5c5c6ccccc6c(c3c54)-c3ccc4c(oc5ccccc54)c32)cc1. The number of anilines is 2. The molecule has 3 nitrogen and oxygen atoms in total. The Bertz CT molecular complexity index is 2680. The van der Waals surface area contributed by atoms with Gasteiger partial charge in [0.2, 0.25) is 0 Å². The molecule has 0 atom stereocenters. The van der Waals surface area contributed by atoms with Gasteiger partial charge in [-0.1, -0.05) is 103 Å². The summed E-state index contributed by atoms with van der Waals surface area (Å²) in [4.78, 5) is 2.55. The highest BCUT2D eigenvalue weighted by atomic mass is 16.3. The summed E-state index contributed by atoms with van der Waals surface area (Å²) >= 11 is 0. The first-order valence-electron chi connectivity index (χ1n) is 15.2. The Morgan fingerprint density at radius 1 is 0.545 bits per heavy atom. The van der Waals surface area contributed by atoms with E-state index in [2.05, 4.69) is 149 Å². The molecular weight excluding hydrogens is 535 g/mol. The van der Waals surface area contributed by atoms with Crippen LogP contribution in [-0.4, -0.2) is 11.4 Å². The molecule has 2 aliphatic heterocycles. The quantitative estimate of drug-likeness (QED) is 0.188. The second-order valence-corrected chi connectivity index (χ2v) is 12.0. The minimum Gasteiger partial charge on any atom is -0.454 e.